The molecule has 1 aliphatic heterocycles. The highest BCUT2D eigenvalue weighted by molar-refractivity contribution is 8.00. The van der Waals surface area contributed by atoms with Crippen molar-refractivity contribution in [3.8, 4) is 6.07 Å². The standard InChI is InChI=1S/C22H28ClN9OS/c1-2-28-11-15(10-25)29-22-30-19(27)17(18(23)26)20(31-22)34-16-4-3-7-32(12-16)21(33)14(9-24)8-13-5-6-13/h8,10-11,13,16,26H,2-7,12,25H2,1H3,(H3,27,29,30,31). The summed E-state index contributed by atoms with van der Waals surface area (Å²) in [5.74, 6) is 0.369. The number of rotatable bonds is 9. The first kappa shape index (κ1) is 25.5. The average Bonchev–Trinajstić information content (AvgIpc) is 3.63. The Hall–Kier alpha value is -3.10. The number of anilines is 2. The van der Waals surface area contributed by atoms with Gasteiger partial charge in [0, 0.05) is 37.3 Å². The Morgan fingerprint density at radius 1 is 1.44 bits per heavy atom. The van der Waals surface area contributed by atoms with Crippen LogP contribution in [0.1, 0.15) is 38.2 Å². The van der Waals surface area contributed by atoms with Gasteiger partial charge in [-0.25, -0.2) is 4.98 Å². The number of nitriles is 1. The number of hydrogen-bond donors (Lipinski definition) is 4. The third-order valence-electron chi connectivity index (χ3n) is 5.29. The Morgan fingerprint density at radius 3 is 2.82 bits per heavy atom. The SMILES string of the molecule is CCN=CC(=CN)Nc1nc(N)c(C(=N)Cl)c(SC2CCCN(C(=O)C(C#N)=CC3CC3)C2)n1. The van der Waals surface area contributed by atoms with Gasteiger partial charge in [-0.05, 0) is 38.5 Å². The fourth-order valence-electron chi connectivity index (χ4n) is 3.44. The lowest BCUT2D eigenvalue weighted by molar-refractivity contribution is -0.127. The highest BCUT2D eigenvalue weighted by Gasteiger charge is 2.30. The number of allylic oxidation sites excluding steroid dienone is 2. The molecule has 1 amide bonds. The highest BCUT2D eigenvalue weighted by Crippen LogP contribution is 2.35. The van der Waals surface area contributed by atoms with Crippen molar-refractivity contribution in [1.82, 2.24) is 14.9 Å². The normalized spacial score (nSPS) is 19.2. The fraction of sp³-hybridized carbons (Fsp3) is 0.455. The maximum absolute atomic E-state index is 12.9. The summed E-state index contributed by atoms with van der Waals surface area (Å²) < 4.78 is 0. The van der Waals surface area contributed by atoms with Crippen LogP contribution < -0.4 is 16.8 Å². The molecule has 1 saturated carbocycles. The molecule has 2 fully saturated rings. The van der Waals surface area contributed by atoms with Crippen LogP contribution in [0.5, 0.6) is 0 Å². The van der Waals surface area contributed by atoms with E-state index in [1.807, 2.05) is 6.92 Å². The number of nitrogen functional groups attached to an aromatic ring is 1. The van der Waals surface area contributed by atoms with Crippen LogP contribution >= 0.6 is 23.4 Å². The van der Waals surface area contributed by atoms with Crippen LogP contribution in [0.4, 0.5) is 11.8 Å². The van der Waals surface area contributed by atoms with Crippen molar-refractivity contribution in [3.63, 3.8) is 0 Å². The van der Waals surface area contributed by atoms with Crippen molar-refractivity contribution < 1.29 is 4.79 Å². The first-order chi connectivity index (χ1) is 16.4. The number of carbonyl (C=O) groups is 1. The van der Waals surface area contributed by atoms with Gasteiger partial charge in [-0.2, -0.15) is 10.2 Å². The number of nitrogens with zero attached hydrogens (tertiary/aromatic N) is 5. The zero-order valence-electron chi connectivity index (χ0n) is 18.9. The van der Waals surface area contributed by atoms with E-state index in [-0.39, 0.29) is 39.2 Å². The minimum atomic E-state index is -0.267. The number of thioether (sulfide) groups is 1. The summed E-state index contributed by atoms with van der Waals surface area (Å²) in [6, 6.07) is 2.06. The van der Waals surface area contributed by atoms with E-state index in [4.69, 9.17) is 28.5 Å². The van der Waals surface area contributed by atoms with E-state index in [1.165, 1.54) is 18.0 Å². The van der Waals surface area contributed by atoms with Crippen LogP contribution in [-0.4, -0.2) is 57.0 Å². The molecule has 0 aromatic carbocycles. The summed E-state index contributed by atoms with van der Waals surface area (Å²) in [6.07, 6.45) is 8.38. The first-order valence-electron chi connectivity index (χ1n) is 11.0. The number of piperidine rings is 1. The number of amides is 1. The largest absolute Gasteiger partial charge is 0.403 e. The molecule has 1 aromatic rings. The number of likely N-dealkylation sites (tertiary alicyclic amines) is 1. The van der Waals surface area contributed by atoms with Crippen LogP contribution in [-0.2, 0) is 4.79 Å². The molecule has 6 N–H and O–H groups in total. The molecule has 1 atom stereocenters. The molecule has 1 aromatic heterocycles. The van der Waals surface area contributed by atoms with E-state index in [0.717, 1.165) is 25.7 Å². The second-order valence-electron chi connectivity index (χ2n) is 7.96. The van der Waals surface area contributed by atoms with Crippen LogP contribution in [0.25, 0.3) is 0 Å². The third-order valence-corrected chi connectivity index (χ3v) is 6.72. The second-order valence-corrected chi connectivity index (χ2v) is 9.63. The van der Waals surface area contributed by atoms with Gasteiger partial charge in [0.05, 0.1) is 11.3 Å². The summed E-state index contributed by atoms with van der Waals surface area (Å²) in [5.41, 5.74) is 12.7. The molecule has 10 nitrogen and oxygen atoms in total. The van der Waals surface area contributed by atoms with E-state index >= 15 is 0 Å². The van der Waals surface area contributed by atoms with Crippen molar-refractivity contribution in [2.24, 2.45) is 16.6 Å². The maximum atomic E-state index is 12.9. The summed E-state index contributed by atoms with van der Waals surface area (Å²) in [5, 5.41) is 20.5. The topological polar surface area (TPSA) is 170 Å². The number of halogens is 1. The van der Waals surface area contributed by atoms with Gasteiger partial charge in [0.2, 0.25) is 5.95 Å². The zero-order chi connectivity index (χ0) is 24.7. The van der Waals surface area contributed by atoms with Crippen molar-refractivity contribution in [2.45, 2.75) is 42.9 Å². The quantitative estimate of drug-likeness (QED) is 0.173. The molecule has 34 heavy (non-hydrogen) atoms. The molecule has 1 aliphatic carbocycles. The van der Waals surface area contributed by atoms with Gasteiger partial charge in [-0.3, -0.25) is 15.2 Å². The van der Waals surface area contributed by atoms with E-state index in [0.29, 0.717) is 36.3 Å². The Morgan fingerprint density at radius 2 is 2.21 bits per heavy atom. The lowest BCUT2D eigenvalue weighted by Gasteiger charge is -2.32. The average molecular weight is 502 g/mol. The van der Waals surface area contributed by atoms with Gasteiger partial charge in [0.1, 0.15) is 27.7 Å². The number of nitrogens with two attached hydrogens (primary N) is 2. The van der Waals surface area contributed by atoms with Crippen LogP contribution in [0.2, 0.25) is 0 Å². The van der Waals surface area contributed by atoms with Crippen LogP contribution in [0, 0.1) is 22.7 Å². The van der Waals surface area contributed by atoms with Crippen molar-refractivity contribution in [3.05, 3.63) is 29.1 Å². The van der Waals surface area contributed by atoms with Crippen LogP contribution in [0.3, 0.4) is 0 Å². The van der Waals surface area contributed by atoms with E-state index in [9.17, 15) is 10.1 Å². The van der Waals surface area contributed by atoms with Crippen molar-refractivity contribution in [1.29, 1.82) is 10.7 Å². The molecular weight excluding hydrogens is 474 g/mol. The molecule has 180 valence electrons. The summed E-state index contributed by atoms with van der Waals surface area (Å²) >= 11 is 7.40. The summed E-state index contributed by atoms with van der Waals surface area (Å²) in [6.45, 7) is 3.53. The fourth-order valence-corrected chi connectivity index (χ4v) is 5.00. The molecule has 12 heteroatoms. The number of aliphatic imine (C=N–C) groups is 1. The molecule has 1 saturated heterocycles. The number of aromatic nitrogens is 2. The van der Waals surface area contributed by atoms with Gasteiger partial charge in [-0.1, -0.05) is 17.7 Å². The second kappa shape index (κ2) is 11.9. The molecule has 3 rings (SSSR count). The number of nitrogens with one attached hydrogen (secondary N) is 2. The molecule has 1 unspecified atom stereocenters. The van der Waals surface area contributed by atoms with Crippen molar-refractivity contribution in [2.75, 3.05) is 30.7 Å². The third kappa shape index (κ3) is 6.71. The van der Waals surface area contributed by atoms with Gasteiger partial charge in [0.15, 0.2) is 0 Å². The van der Waals surface area contributed by atoms with Gasteiger partial charge in [0.25, 0.3) is 5.91 Å². The van der Waals surface area contributed by atoms with E-state index < -0.39 is 0 Å². The molecular formula is C22H28ClN9OS. The molecule has 0 spiro atoms. The summed E-state index contributed by atoms with van der Waals surface area (Å²) in [7, 11) is 0. The zero-order valence-corrected chi connectivity index (χ0v) is 20.5. The minimum Gasteiger partial charge on any atom is -0.403 e. The van der Waals surface area contributed by atoms with Crippen LogP contribution in [0.15, 0.2) is 33.6 Å². The Bertz CT molecular complexity index is 1070. The lowest BCUT2D eigenvalue weighted by Crippen LogP contribution is -2.41. The molecule has 2 heterocycles. The maximum Gasteiger partial charge on any atom is 0.264 e. The van der Waals surface area contributed by atoms with E-state index in [2.05, 4.69) is 26.3 Å². The van der Waals surface area contributed by atoms with Crippen molar-refractivity contribution >= 4 is 52.4 Å². The Balaban J connectivity index is 1.80. The predicted octanol–water partition coefficient (Wildman–Crippen LogP) is 2.87. The summed E-state index contributed by atoms with van der Waals surface area (Å²) in [4.78, 5) is 27.5. The monoisotopic (exact) mass is 501 g/mol. The molecule has 2 aliphatic rings. The molecule has 0 bridgehead atoms. The number of carbonyl (C=O) groups excluding carboxylic acids is 1. The van der Waals surface area contributed by atoms with Gasteiger partial charge < -0.3 is 21.7 Å². The Kier molecular flexibility index (Phi) is 8.90. The van der Waals surface area contributed by atoms with Gasteiger partial charge >= 0.3 is 0 Å². The minimum absolute atomic E-state index is 0.0124. The lowest BCUT2D eigenvalue weighted by atomic mass is 10.1. The van der Waals surface area contributed by atoms with E-state index in [1.54, 1.807) is 17.2 Å². The predicted molar refractivity (Wildman–Crippen MR) is 136 cm³/mol. The Labute approximate surface area is 208 Å². The number of hydrogen-bond acceptors (Lipinski definition) is 10. The smallest absolute Gasteiger partial charge is 0.264 e. The highest BCUT2D eigenvalue weighted by atomic mass is 35.5. The first-order valence-corrected chi connectivity index (χ1v) is 12.3. The molecule has 0 radical (unpaired) electrons. The van der Waals surface area contributed by atoms with Gasteiger partial charge in [-0.15, -0.1) is 11.8 Å².